The first kappa shape index (κ1) is 61.8. The number of fused-ring (bicyclic) bond motifs is 2. The number of methoxy groups -OCH3 is 2. The zero-order valence-electron chi connectivity index (χ0n) is 43.5. The predicted molar refractivity (Wildman–Crippen MR) is 272 cm³/mol. The van der Waals surface area contributed by atoms with E-state index in [2.05, 4.69) is 76.3 Å². The van der Waals surface area contributed by atoms with Crippen LogP contribution in [0.25, 0.3) is 56.0 Å². The Hall–Kier alpha value is -6.01. The minimum absolute atomic E-state index is 0. The molecule has 23 nitrogen and oxygen atoms in total. The number of nitrogens with one attached hydrogen (secondary N) is 3. The Morgan fingerprint density at radius 1 is 0.688 bits per heavy atom. The second-order valence-electron chi connectivity index (χ2n) is 16.4. The van der Waals surface area contributed by atoms with E-state index in [1.54, 1.807) is 75.1 Å². The fraction of sp³-hybridized carbons (Fsp3) is 0.286. The molecule has 0 spiro atoms. The third-order valence-corrected chi connectivity index (χ3v) is 11.9. The number of rotatable bonds is 12. The van der Waals surface area contributed by atoms with Crippen LogP contribution in [0.2, 0.25) is 0 Å². The summed E-state index contributed by atoms with van der Waals surface area (Å²) in [6.07, 6.45) is 5.31. The van der Waals surface area contributed by atoms with E-state index in [1.807, 2.05) is 9.80 Å². The number of carbonyl (C=O) groups is 3. The maximum absolute atomic E-state index is 13.5. The van der Waals surface area contributed by atoms with Gasteiger partial charge in [-0.25, -0.2) is 28.1 Å². The molecular weight excluding hydrogens is 1090 g/mol. The molecule has 394 valence electrons. The molecule has 8 heterocycles. The van der Waals surface area contributed by atoms with Gasteiger partial charge in [-0.3, -0.25) is 28.9 Å². The second-order valence-corrected chi connectivity index (χ2v) is 17.2. The predicted octanol–water partition coefficient (Wildman–Crippen LogP) is -3.35. The Bertz CT molecular complexity index is 3330. The molecule has 10 rings (SSSR count). The molecule has 2 amide bonds. The van der Waals surface area contributed by atoms with Crippen LogP contribution in [0.4, 0.5) is 8.78 Å². The number of alkyl halides is 1. The van der Waals surface area contributed by atoms with Crippen molar-refractivity contribution in [1.29, 1.82) is 0 Å². The van der Waals surface area contributed by atoms with E-state index in [0.29, 0.717) is 88.7 Å². The minimum atomic E-state index is -0.498. The molecule has 0 bridgehead atoms. The number of nitrogens with zero attached hydrogens (tertiary/aromatic N) is 11. The smallest absolute Gasteiger partial charge is 1.00 e. The first-order valence-corrected chi connectivity index (χ1v) is 24.3. The maximum Gasteiger partial charge on any atom is 1.00 e. The zero-order chi connectivity index (χ0) is 53.3. The second kappa shape index (κ2) is 30.8. The first-order valence-electron chi connectivity index (χ1n) is 23.1. The Morgan fingerprint density at radius 2 is 1.12 bits per heavy atom. The number of H-pyrrole nitrogens is 2. The van der Waals surface area contributed by atoms with Crippen LogP contribution in [0, 0.1) is 11.6 Å². The van der Waals surface area contributed by atoms with Crippen LogP contribution in [0.1, 0.15) is 22.1 Å². The molecule has 0 aliphatic carbocycles. The third-order valence-electron chi connectivity index (χ3n) is 11.6. The van der Waals surface area contributed by atoms with Crippen molar-refractivity contribution in [3.63, 3.8) is 0 Å². The summed E-state index contributed by atoms with van der Waals surface area (Å²) in [7, 11) is 3.37. The summed E-state index contributed by atoms with van der Waals surface area (Å²) in [5.41, 5.74) is 3.59. The van der Waals surface area contributed by atoms with Crippen LogP contribution < -0.4 is 80.8 Å². The van der Waals surface area contributed by atoms with Crippen LogP contribution in [0.15, 0.2) is 107 Å². The Labute approximate surface area is 492 Å². The van der Waals surface area contributed by atoms with E-state index in [1.165, 1.54) is 33.6 Å². The van der Waals surface area contributed by atoms with Gasteiger partial charge in [0.25, 0.3) is 29.4 Å². The average molecular weight is 1140 g/mol. The molecular formula is C49H51BrF2N14Na2O9. The van der Waals surface area contributed by atoms with Gasteiger partial charge in [-0.2, -0.15) is 0 Å². The quantitative estimate of drug-likeness (QED) is 0.0355. The van der Waals surface area contributed by atoms with E-state index in [-0.39, 0.29) is 90.0 Å². The minimum Gasteiger partial charge on any atom is -1.00 e. The number of amides is 2. The van der Waals surface area contributed by atoms with Gasteiger partial charge in [-0.1, -0.05) is 26.4 Å². The number of ether oxygens (including phenoxy) is 2. The van der Waals surface area contributed by atoms with Gasteiger partial charge in [-0.15, -0.1) is 10.2 Å². The van der Waals surface area contributed by atoms with Crippen molar-refractivity contribution in [2.75, 3.05) is 91.7 Å². The number of hydrogen-bond donors (Lipinski definition) is 3. The van der Waals surface area contributed by atoms with Gasteiger partial charge in [0, 0.05) is 100 Å². The Morgan fingerprint density at radius 3 is 1.51 bits per heavy atom. The number of halogens is 3. The Kier molecular flexibility index (Phi) is 24.7. The van der Waals surface area contributed by atoms with Crippen molar-refractivity contribution in [1.82, 2.24) is 69.9 Å². The largest absolute Gasteiger partial charge is 1.00 e. The SMILES string of the molecule is COCCBr.COCCN1CCN(C(=O)c2ccc(-n3cc(-c4cc5cc(F)cnc5[nH]c4=O)nn3)cc2)CC1.O=C(c1ccc(-n2cc(-c3cc4cc(F)cnc4[nH]c3=O)nn2)cc1)N1CCNCC1.O=CO[O-].[H-].[Na+].[Na+]. The Balaban J connectivity index is 0.000000283. The summed E-state index contributed by atoms with van der Waals surface area (Å²) in [5.74, 6) is -1.01. The summed E-state index contributed by atoms with van der Waals surface area (Å²) < 4.78 is 39.8. The van der Waals surface area contributed by atoms with Crippen LogP contribution in [-0.4, -0.2) is 175 Å². The van der Waals surface area contributed by atoms with Crippen LogP contribution in [0.5, 0.6) is 0 Å². The number of aromatic nitrogens is 10. The molecule has 2 aliphatic heterocycles. The molecule has 0 unspecified atom stereocenters. The monoisotopic (exact) mass is 1140 g/mol. The molecule has 0 saturated carbocycles. The summed E-state index contributed by atoms with van der Waals surface area (Å²) >= 11 is 3.18. The van der Waals surface area contributed by atoms with Crippen molar-refractivity contribution in [3.8, 4) is 33.9 Å². The third kappa shape index (κ3) is 16.7. The van der Waals surface area contributed by atoms with Crippen molar-refractivity contribution >= 4 is 56.3 Å². The summed E-state index contributed by atoms with van der Waals surface area (Å²) in [5, 5.41) is 29.9. The molecule has 2 aromatic carbocycles. The van der Waals surface area contributed by atoms with Gasteiger partial charge in [0.2, 0.25) is 0 Å². The molecule has 2 saturated heterocycles. The maximum atomic E-state index is 13.5. The van der Waals surface area contributed by atoms with Crippen molar-refractivity contribution in [3.05, 3.63) is 141 Å². The summed E-state index contributed by atoms with van der Waals surface area (Å²) in [6, 6.07) is 19.8. The first-order chi connectivity index (χ1) is 36.4. The fourth-order valence-corrected chi connectivity index (χ4v) is 8.08. The van der Waals surface area contributed by atoms with Gasteiger partial charge >= 0.3 is 59.1 Å². The van der Waals surface area contributed by atoms with Gasteiger partial charge < -0.3 is 46.1 Å². The van der Waals surface area contributed by atoms with Crippen LogP contribution >= 0.6 is 15.9 Å². The van der Waals surface area contributed by atoms with Gasteiger partial charge in [-0.05, 0) is 72.8 Å². The average Bonchev–Trinajstić information content (AvgIpc) is 4.18. The molecule has 6 aromatic heterocycles. The molecule has 8 aromatic rings. The van der Waals surface area contributed by atoms with Crippen LogP contribution in [0.3, 0.4) is 0 Å². The van der Waals surface area contributed by atoms with Crippen molar-refractivity contribution in [2.45, 2.75) is 0 Å². The van der Waals surface area contributed by atoms with E-state index >= 15 is 0 Å². The van der Waals surface area contributed by atoms with E-state index in [0.717, 1.165) is 57.1 Å². The van der Waals surface area contributed by atoms with Crippen molar-refractivity contribution in [2.24, 2.45) is 0 Å². The number of piperazine rings is 2. The summed E-state index contributed by atoms with van der Waals surface area (Å²) in [6.45, 7) is 8.14. The topological polar surface area (TPSA) is 277 Å². The molecule has 2 fully saturated rings. The number of benzene rings is 2. The molecule has 3 N–H and O–H groups in total. The number of carbonyl (C=O) groups excluding carboxylic acids is 3. The molecule has 28 heteroatoms. The number of pyridine rings is 4. The zero-order valence-corrected chi connectivity index (χ0v) is 48.1. The van der Waals surface area contributed by atoms with Gasteiger partial charge in [0.15, 0.2) is 0 Å². The van der Waals surface area contributed by atoms with E-state index < -0.39 is 22.8 Å². The van der Waals surface area contributed by atoms with E-state index in [4.69, 9.17) is 14.8 Å². The fourth-order valence-electron chi connectivity index (χ4n) is 7.76. The molecule has 0 radical (unpaired) electrons. The van der Waals surface area contributed by atoms with Gasteiger partial charge in [0.1, 0.15) is 34.3 Å². The molecule has 2 aliphatic rings. The number of hydrogen-bond acceptors (Lipinski definition) is 17. The normalized spacial score (nSPS) is 13.1. The van der Waals surface area contributed by atoms with Crippen molar-refractivity contribution < 1.29 is 103 Å². The molecule has 77 heavy (non-hydrogen) atoms. The standard InChI is InChI=1S/C24H24FN7O3.C21H18FN7O2.C3H7BrO.CH2O3.2Na.H/c1-35-11-10-30-6-8-31(9-7-30)24(34)16-2-4-19(5-3-16)32-15-21(28-29-32)20-13-17-12-18(25)14-26-22(17)27-23(20)33;22-15-9-14-10-17(20(30)25-19(14)24-11-15)18-12-29(27-26-18)16-3-1-13(2-4-16)21(31)28-7-5-23-6-8-28;1-5-3-2-4;2-1-4-3;;;/h2-5,12-15H,6-11H2,1H3,(H,26,27,33);1-4,9-12,23H,5-8H2,(H,24,25,30);2-3H2,1H3;1,3H;;;/q;;;;2*+1;-1/p-1. The summed E-state index contributed by atoms with van der Waals surface area (Å²) in [4.78, 5) is 80.7. The number of aromatic amines is 2. The molecule has 0 atom stereocenters. The van der Waals surface area contributed by atoms with Gasteiger partial charge in [0.05, 0.1) is 60.5 Å². The van der Waals surface area contributed by atoms with Crippen LogP contribution in [-0.2, 0) is 19.2 Å². The van der Waals surface area contributed by atoms with E-state index in [9.17, 15) is 28.0 Å².